The van der Waals surface area contributed by atoms with E-state index in [2.05, 4.69) is 58.1 Å². The molecule has 0 aliphatic carbocycles. The molecule has 4 heterocycles. The summed E-state index contributed by atoms with van der Waals surface area (Å²) in [6.07, 6.45) is 11.7. The molecule has 6 rings (SSSR count). The average Bonchev–Trinajstić information content (AvgIpc) is 3.67. The van der Waals surface area contributed by atoms with Crippen molar-refractivity contribution < 1.29 is 9.53 Å². The number of aryl methyl sites for hydroxylation is 1. The van der Waals surface area contributed by atoms with E-state index < -0.39 is 0 Å². The molecule has 0 radical (unpaired) electrons. The molecule has 4 aromatic rings. The standard InChI is InChI=1S/C30H35N5O2/c1-22-15-24(19-33(22)29(36)13-10-23-7-3-2-4-8-23)20-34-28-12-11-25(16-26(28)17-31-34)27-18-32-35(21-27)30-9-5-6-14-37-30/h2-4,7-8,11-12,16-18,21-22,24,30H,5-6,9-10,13-15,19-20H2,1H3. The maximum Gasteiger partial charge on any atom is 0.223 e. The molecule has 1 amide bonds. The number of benzene rings is 2. The maximum atomic E-state index is 13.0. The Bertz CT molecular complexity index is 1350. The molecule has 2 aromatic carbocycles. The number of hydrogen-bond acceptors (Lipinski definition) is 4. The van der Waals surface area contributed by atoms with Gasteiger partial charge in [-0.25, -0.2) is 4.68 Å². The van der Waals surface area contributed by atoms with Gasteiger partial charge in [0.2, 0.25) is 5.91 Å². The summed E-state index contributed by atoms with van der Waals surface area (Å²) >= 11 is 0. The summed E-state index contributed by atoms with van der Waals surface area (Å²) < 4.78 is 9.94. The monoisotopic (exact) mass is 497 g/mol. The van der Waals surface area contributed by atoms with Gasteiger partial charge in [0.05, 0.1) is 17.9 Å². The Balaban J connectivity index is 1.10. The van der Waals surface area contributed by atoms with Crippen LogP contribution in [0, 0.1) is 5.92 Å². The predicted molar refractivity (Wildman–Crippen MR) is 144 cm³/mol. The topological polar surface area (TPSA) is 65.2 Å². The molecule has 2 saturated heterocycles. The largest absolute Gasteiger partial charge is 0.357 e. The second kappa shape index (κ2) is 10.5. The summed E-state index contributed by atoms with van der Waals surface area (Å²) in [6, 6.07) is 17.0. The van der Waals surface area contributed by atoms with Crippen LogP contribution in [0.4, 0.5) is 0 Å². The van der Waals surface area contributed by atoms with Crippen molar-refractivity contribution in [1.82, 2.24) is 24.5 Å². The van der Waals surface area contributed by atoms with Crippen molar-refractivity contribution in [3.05, 3.63) is 72.7 Å². The molecule has 7 heteroatoms. The van der Waals surface area contributed by atoms with Crippen molar-refractivity contribution in [3.63, 3.8) is 0 Å². The second-order valence-corrected chi connectivity index (χ2v) is 10.6. The van der Waals surface area contributed by atoms with Gasteiger partial charge in [-0.1, -0.05) is 36.4 Å². The molecule has 2 aromatic heterocycles. The van der Waals surface area contributed by atoms with Gasteiger partial charge in [0.1, 0.15) is 6.23 Å². The molecule has 0 saturated carbocycles. The molecule has 2 fully saturated rings. The maximum absolute atomic E-state index is 13.0. The lowest BCUT2D eigenvalue weighted by Crippen LogP contribution is -2.34. The van der Waals surface area contributed by atoms with E-state index in [9.17, 15) is 4.79 Å². The number of nitrogens with zero attached hydrogens (tertiary/aromatic N) is 5. The molecule has 2 aliphatic heterocycles. The first-order valence-electron chi connectivity index (χ1n) is 13.6. The fourth-order valence-corrected chi connectivity index (χ4v) is 5.90. The molecular formula is C30H35N5O2. The SMILES string of the molecule is CC1CC(Cn2ncc3cc(-c4cnn(C5CCCCO5)c4)ccc32)CN1C(=O)CCc1ccccc1. The highest BCUT2D eigenvalue weighted by molar-refractivity contribution is 5.84. The summed E-state index contributed by atoms with van der Waals surface area (Å²) in [5.74, 6) is 0.667. The number of ether oxygens (including phenoxy) is 1. The minimum Gasteiger partial charge on any atom is -0.357 e. The minimum absolute atomic E-state index is 0.0487. The van der Waals surface area contributed by atoms with Gasteiger partial charge in [-0.15, -0.1) is 0 Å². The van der Waals surface area contributed by atoms with Crippen LogP contribution in [0.15, 0.2) is 67.1 Å². The van der Waals surface area contributed by atoms with E-state index in [1.807, 2.05) is 35.3 Å². The predicted octanol–water partition coefficient (Wildman–Crippen LogP) is 5.47. The van der Waals surface area contributed by atoms with Crippen molar-refractivity contribution in [2.24, 2.45) is 5.92 Å². The Labute approximate surface area is 218 Å². The lowest BCUT2D eigenvalue weighted by atomic mass is 10.1. The van der Waals surface area contributed by atoms with Crippen LogP contribution >= 0.6 is 0 Å². The lowest BCUT2D eigenvalue weighted by molar-refractivity contribution is -0.131. The molecule has 3 unspecified atom stereocenters. The summed E-state index contributed by atoms with van der Waals surface area (Å²) in [6.45, 7) is 4.61. The van der Waals surface area contributed by atoms with Gasteiger partial charge in [0.25, 0.3) is 0 Å². The van der Waals surface area contributed by atoms with Crippen molar-refractivity contribution >= 4 is 16.8 Å². The Kier molecular flexibility index (Phi) is 6.79. The number of rotatable bonds is 7. The quantitative estimate of drug-likeness (QED) is 0.340. The Morgan fingerprint density at radius 2 is 1.95 bits per heavy atom. The van der Waals surface area contributed by atoms with E-state index in [0.717, 1.165) is 67.4 Å². The third-order valence-electron chi connectivity index (χ3n) is 7.91. The van der Waals surface area contributed by atoms with E-state index in [1.54, 1.807) is 0 Å². The smallest absolute Gasteiger partial charge is 0.223 e. The third-order valence-corrected chi connectivity index (χ3v) is 7.91. The zero-order chi connectivity index (χ0) is 25.2. The highest BCUT2D eigenvalue weighted by atomic mass is 16.5. The van der Waals surface area contributed by atoms with Gasteiger partial charge in [-0.05, 0) is 68.2 Å². The highest BCUT2D eigenvalue weighted by Gasteiger charge is 2.32. The van der Waals surface area contributed by atoms with E-state index >= 15 is 0 Å². The van der Waals surface area contributed by atoms with Crippen molar-refractivity contribution in [1.29, 1.82) is 0 Å². The van der Waals surface area contributed by atoms with Crippen molar-refractivity contribution in [2.45, 2.75) is 64.3 Å². The number of amides is 1. The molecule has 0 spiro atoms. The fraction of sp³-hybridized carbons (Fsp3) is 0.433. The van der Waals surface area contributed by atoms with Crippen LogP contribution in [0.3, 0.4) is 0 Å². The number of hydrogen-bond donors (Lipinski definition) is 0. The molecule has 192 valence electrons. The zero-order valence-electron chi connectivity index (χ0n) is 21.5. The molecule has 7 nitrogen and oxygen atoms in total. The molecular weight excluding hydrogens is 462 g/mol. The average molecular weight is 498 g/mol. The molecule has 37 heavy (non-hydrogen) atoms. The number of carbonyl (C=O) groups is 1. The normalized spacial score (nSPS) is 22.1. The lowest BCUT2D eigenvalue weighted by Gasteiger charge is -2.22. The number of carbonyl (C=O) groups excluding carboxylic acids is 1. The van der Waals surface area contributed by atoms with Gasteiger partial charge in [0, 0.05) is 49.3 Å². The van der Waals surface area contributed by atoms with Crippen LogP contribution in [0.25, 0.3) is 22.0 Å². The van der Waals surface area contributed by atoms with E-state index in [1.165, 1.54) is 12.0 Å². The summed E-state index contributed by atoms with van der Waals surface area (Å²) in [5.41, 5.74) is 4.58. The van der Waals surface area contributed by atoms with E-state index in [4.69, 9.17) is 9.84 Å². The van der Waals surface area contributed by atoms with Crippen LogP contribution in [-0.2, 0) is 22.5 Å². The molecule has 0 N–H and O–H groups in total. The number of likely N-dealkylation sites (tertiary alicyclic amines) is 1. The second-order valence-electron chi connectivity index (χ2n) is 10.6. The van der Waals surface area contributed by atoms with Crippen LogP contribution in [0.1, 0.15) is 50.8 Å². The van der Waals surface area contributed by atoms with Gasteiger partial charge in [-0.2, -0.15) is 10.2 Å². The van der Waals surface area contributed by atoms with Gasteiger partial charge < -0.3 is 9.64 Å². The van der Waals surface area contributed by atoms with Crippen LogP contribution in [0.2, 0.25) is 0 Å². The zero-order valence-corrected chi connectivity index (χ0v) is 21.5. The minimum atomic E-state index is 0.0487. The summed E-state index contributed by atoms with van der Waals surface area (Å²) in [5, 5.41) is 10.4. The van der Waals surface area contributed by atoms with Gasteiger partial charge in [0.15, 0.2) is 0 Å². The number of aromatic nitrogens is 4. The first-order valence-corrected chi connectivity index (χ1v) is 13.6. The first kappa shape index (κ1) is 23.9. The van der Waals surface area contributed by atoms with Crippen molar-refractivity contribution in [2.75, 3.05) is 13.2 Å². The fourth-order valence-electron chi connectivity index (χ4n) is 5.90. The van der Waals surface area contributed by atoms with Crippen LogP contribution in [-0.4, -0.2) is 49.6 Å². The Hall–Kier alpha value is -3.45. The van der Waals surface area contributed by atoms with Crippen molar-refractivity contribution in [3.8, 4) is 11.1 Å². The van der Waals surface area contributed by atoms with Crippen LogP contribution in [0.5, 0.6) is 0 Å². The number of fused-ring (bicyclic) bond motifs is 1. The Morgan fingerprint density at radius 1 is 1.05 bits per heavy atom. The molecule has 2 aliphatic rings. The van der Waals surface area contributed by atoms with Gasteiger partial charge in [-0.3, -0.25) is 9.48 Å². The molecule has 3 atom stereocenters. The summed E-state index contributed by atoms with van der Waals surface area (Å²) in [7, 11) is 0. The third kappa shape index (κ3) is 5.18. The highest BCUT2D eigenvalue weighted by Crippen LogP contribution is 2.30. The van der Waals surface area contributed by atoms with Gasteiger partial charge >= 0.3 is 0 Å². The Morgan fingerprint density at radius 3 is 2.78 bits per heavy atom. The van der Waals surface area contributed by atoms with E-state index in [0.29, 0.717) is 12.3 Å². The van der Waals surface area contributed by atoms with Crippen LogP contribution < -0.4 is 0 Å². The first-order chi connectivity index (χ1) is 18.1. The van der Waals surface area contributed by atoms with E-state index in [-0.39, 0.29) is 18.2 Å². The molecule has 0 bridgehead atoms. The summed E-state index contributed by atoms with van der Waals surface area (Å²) in [4.78, 5) is 15.0.